The third kappa shape index (κ3) is 6.27. The maximum absolute atomic E-state index is 14.1. The fourth-order valence-electron chi connectivity index (χ4n) is 4.68. The standard InChI is InChI=1S/C30H27N5O6S2/c1-4-8-22-25(28(37)41-5-2)26(18-9-6-10-21(16-18)40-3)34-27(36)24(43-30(34)33-22)17-19-15-20(35(38)39)11-12-23(19)42-29-31-13-7-14-32-29/h6-7,9-17,26H,4-5,8H2,1-3H3/b24-17+/t26-/m1/s1. The SMILES string of the molecule is CCCC1=C(C(=O)OCC)[C@@H](c2cccc(OC)c2)n2c(s/c(=C/c3cc([N+](=O)[O-])ccc3Sc3ncccn3)c2=O)=N1. The Morgan fingerprint density at radius 2 is 1.95 bits per heavy atom. The number of ether oxygens (including phenoxy) is 2. The van der Waals surface area contributed by atoms with Crippen molar-refractivity contribution in [1.29, 1.82) is 0 Å². The third-order valence-corrected chi connectivity index (χ3v) is 8.50. The molecule has 13 heteroatoms. The second-order valence-electron chi connectivity index (χ2n) is 9.30. The first-order valence-electron chi connectivity index (χ1n) is 13.4. The number of hydrogen-bond acceptors (Lipinski definition) is 11. The summed E-state index contributed by atoms with van der Waals surface area (Å²) in [7, 11) is 1.55. The number of thiazole rings is 1. The number of fused-ring (bicyclic) bond motifs is 1. The zero-order chi connectivity index (χ0) is 30.5. The van der Waals surface area contributed by atoms with E-state index in [1.807, 2.05) is 13.0 Å². The van der Waals surface area contributed by atoms with Crippen LogP contribution in [0.5, 0.6) is 5.75 Å². The summed E-state index contributed by atoms with van der Waals surface area (Å²) in [6.45, 7) is 3.87. The van der Waals surface area contributed by atoms with Crippen LogP contribution in [0.15, 0.2) is 92.0 Å². The molecule has 220 valence electrons. The number of hydrogen-bond donors (Lipinski definition) is 0. The molecule has 1 aliphatic rings. The zero-order valence-corrected chi connectivity index (χ0v) is 25.2. The van der Waals surface area contributed by atoms with Gasteiger partial charge in [0.15, 0.2) is 9.96 Å². The minimum atomic E-state index is -0.814. The predicted octanol–water partition coefficient (Wildman–Crippen LogP) is 4.44. The van der Waals surface area contributed by atoms with Crippen molar-refractivity contribution in [1.82, 2.24) is 14.5 Å². The van der Waals surface area contributed by atoms with Crippen molar-refractivity contribution >= 4 is 40.8 Å². The minimum Gasteiger partial charge on any atom is -0.497 e. The van der Waals surface area contributed by atoms with Crippen molar-refractivity contribution in [2.45, 2.75) is 42.8 Å². The van der Waals surface area contributed by atoms with E-state index in [0.717, 1.165) is 17.8 Å². The van der Waals surface area contributed by atoms with Gasteiger partial charge in [0.25, 0.3) is 11.2 Å². The van der Waals surface area contributed by atoms with Crippen molar-refractivity contribution in [2.24, 2.45) is 4.99 Å². The van der Waals surface area contributed by atoms with Gasteiger partial charge in [-0.05, 0) is 66.6 Å². The van der Waals surface area contributed by atoms with E-state index in [0.29, 0.717) is 54.0 Å². The second kappa shape index (κ2) is 13.1. The van der Waals surface area contributed by atoms with Crippen LogP contribution < -0.4 is 19.6 Å². The molecular weight excluding hydrogens is 590 g/mol. The molecule has 0 aliphatic carbocycles. The van der Waals surface area contributed by atoms with Gasteiger partial charge in [-0.2, -0.15) is 0 Å². The first-order chi connectivity index (χ1) is 20.8. The molecule has 0 fully saturated rings. The molecule has 2 aromatic carbocycles. The molecule has 0 bridgehead atoms. The summed E-state index contributed by atoms with van der Waals surface area (Å²) in [5, 5.41) is 12.1. The fraction of sp³-hybridized carbons (Fsp3) is 0.233. The van der Waals surface area contributed by atoms with E-state index < -0.39 is 22.5 Å². The number of non-ortho nitro benzene ring substituents is 1. The molecule has 43 heavy (non-hydrogen) atoms. The van der Waals surface area contributed by atoms with Crippen LogP contribution in [-0.4, -0.2) is 39.1 Å². The smallest absolute Gasteiger partial charge is 0.338 e. The second-order valence-corrected chi connectivity index (χ2v) is 11.3. The Hall–Kier alpha value is -4.62. The summed E-state index contributed by atoms with van der Waals surface area (Å²) in [5.74, 6) is 0.0234. The molecule has 4 aromatic rings. The molecule has 5 rings (SSSR count). The summed E-state index contributed by atoms with van der Waals surface area (Å²) in [4.78, 5) is 53.0. The summed E-state index contributed by atoms with van der Waals surface area (Å²) >= 11 is 2.38. The number of nitro benzene ring substituents is 1. The van der Waals surface area contributed by atoms with Crippen LogP contribution in [0, 0.1) is 10.1 Å². The van der Waals surface area contributed by atoms with E-state index >= 15 is 0 Å². The van der Waals surface area contributed by atoms with Crippen LogP contribution in [0.3, 0.4) is 0 Å². The average Bonchev–Trinajstić information content (AvgIpc) is 3.32. The highest BCUT2D eigenvalue weighted by Gasteiger charge is 2.34. The van der Waals surface area contributed by atoms with Crippen LogP contribution in [0.4, 0.5) is 5.69 Å². The van der Waals surface area contributed by atoms with Crippen LogP contribution in [0.2, 0.25) is 0 Å². The lowest BCUT2D eigenvalue weighted by molar-refractivity contribution is -0.384. The first-order valence-corrected chi connectivity index (χ1v) is 15.1. The van der Waals surface area contributed by atoms with Crippen molar-refractivity contribution in [3.05, 3.63) is 113 Å². The van der Waals surface area contributed by atoms with E-state index in [4.69, 9.17) is 14.5 Å². The monoisotopic (exact) mass is 617 g/mol. The highest BCUT2D eigenvalue weighted by atomic mass is 32.2. The molecule has 0 spiro atoms. The van der Waals surface area contributed by atoms with Crippen molar-refractivity contribution in [3.8, 4) is 5.75 Å². The van der Waals surface area contributed by atoms with Gasteiger partial charge in [0, 0.05) is 29.4 Å². The Morgan fingerprint density at radius 3 is 2.65 bits per heavy atom. The number of allylic oxidation sites excluding steroid dienone is 1. The van der Waals surface area contributed by atoms with Gasteiger partial charge >= 0.3 is 5.97 Å². The summed E-state index contributed by atoms with van der Waals surface area (Å²) in [6, 6.07) is 12.5. The van der Waals surface area contributed by atoms with Gasteiger partial charge in [-0.1, -0.05) is 36.8 Å². The quantitative estimate of drug-likeness (QED) is 0.109. The highest BCUT2D eigenvalue weighted by Crippen LogP contribution is 2.34. The van der Waals surface area contributed by atoms with Gasteiger partial charge in [-0.3, -0.25) is 19.5 Å². The Balaban J connectivity index is 1.75. The lowest BCUT2D eigenvalue weighted by Crippen LogP contribution is -2.40. The summed E-state index contributed by atoms with van der Waals surface area (Å²) in [6.07, 6.45) is 6.04. The zero-order valence-electron chi connectivity index (χ0n) is 23.6. The Labute approximate surface area is 254 Å². The Bertz CT molecular complexity index is 1900. The molecule has 11 nitrogen and oxygen atoms in total. The molecule has 0 unspecified atom stereocenters. The Kier molecular flexibility index (Phi) is 9.12. The lowest BCUT2D eigenvalue weighted by atomic mass is 9.94. The van der Waals surface area contributed by atoms with Gasteiger partial charge in [-0.15, -0.1) is 0 Å². The number of nitro groups is 1. The molecular formula is C30H27N5O6S2. The fourth-order valence-corrected chi connectivity index (χ4v) is 6.49. The maximum Gasteiger partial charge on any atom is 0.338 e. The maximum atomic E-state index is 14.1. The van der Waals surface area contributed by atoms with Crippen molar-refractivity contribution in [2.75, 3.05) is 13.7 Å². The van der Waals surface area contributed by atoms with E-state index in [9.17, 15) is 19.7 Å². The van der Waals surface area contributed by atoms with Crippen LogP contribution in [0.25, 0.3) is 6.08 Å². The molecule has 0 radical (unpaired) electrons. The van der Waals surface area contributed by atoms with E-state index in [1.165, 1.54) is 28.5 Å². The molecule has 0 saturated heterocycles. The average molecular weight is 618 g/mol. The first kappa shape index (κ1) is 29.9. The van der Waals surface area contributed by atoms with Crippen LogP contribution >= 0.6 is 23.1 Å². The molecule has 0 amide bonds. The van der Waals surface area contributed by atoms with Gasteiger partial charge in [-0.25, -0.2) is 19.8 Å². The number of nitrogens with zero attached hydrogens (tertiary/aromatic N) is 5. The minimum absolute atomic E-state index is 0.124. The van der Waals surface area contributed by atoms with Crippen LogP contribution in [-0.2, 0) is 9.53 Å². The number of benzene rings is 2. The largest absolute Gasteiger partial charge is 0.497 e. The predicted molar refractivity (Wildman–Crippen MR) is 162 cm³/mol. The number of aromatic nitrogens is 3. The molecule has 1 aliphatic heterocycles. The number of methoxy groups -OCH3 is 1. The number of carbonyl (C=O) groups is 1. The van der Waals surface area contributed by atoms with E-state index in [-0.39, 0.29) is 12.3 Å². The van der Waals surface area contributed by atoms with Crippen molar-refractivity contribution < 1.29 is 19.2 Å². The van der Waals surface area contributed by atoms with Gasteiger partial charge in [0.2, 0.25) is 0 Å². The van der Waals surface area contributed by atoms with E-state index in [2.05, 4.69) is 9.97 Å². The van der Waals surface area contributed by atoms with Crippen LogP contribution in [0.1, 0.15) is 43.9 Å². The molecule has 3 heterocycles. The number of carbonyl (C=O) groups excluding carboxylic acids is 1. The number of esters is 1. The normalized spacial score (nSPS) is 14.7. The highest BCUT2D eigenvalue weighted by molar-refractivity contribution is 7.99. The van der Waals surface area contributed by atoms with E-state index in [1.54, 1.807) is 62.8 Å². The number of rotatable bonds is 10. The molecule has 1 atom stereocenters. The molecule has 0 saturated carbocycles. The van der Waals surface area contributed by atoms with Gasteiger partial charge < -0.3 is 9.47 Å². The van der Waals surface area contributed by atoms with Crippen molar-refractivity contribution in [3.63, 3.8) is 0 Å². The van der Waals surface area contributed by atoms with Gasteiger partial charge in [0.1, 0.15) is 5.75 Å². The molecule has 2 aromatic heterocycles. The topological polar surface area (TPSA) is 139 Å². The summed E-state index contributed by atoms with van der Waals surface area (Å²) in [5.41, 5.74) is 1.44. The van der Waals surface area contributed by atoms with Gasteiger partial charge in [0.05, 0.1) is 40.5 Å². The Morgan fingerprint density at radius 1 is 1.16 bits per heavy atom. The lowest BCUT2D eigenvalue weighted by Gasteiger charge is -2.26. The molecule has 0 N–H and O–H groups in total. The third-order valence-electron chi connectivity index (χ3n) is 6.54. The summed E-state index contributed by atoms with van der Waals surface area (Å²) < 4.78 is 12.7.